The van der Waals surface area contributed by atoms with E-state index in [1.165, 1.54) is 0 Å². The molecule has 166 valence electrons. The van der Waals surface area contributed by atoms with Gasteiger partial charge in [-0.05, 0) is 58.4 Å². The van der Waals surface area contributed by atoms with Gasteiger partial charge < -0.3 is 20.7 Å². The summed E-state index contributed by atoms with van der Waals surface area (Å²) in [5.41, 5.74) is 0.614. The predicted molar refractivity (Wildman–Crippen MR) is 132 cm³/mol. The number of halogens is 1. The number of nitrogens with one attached hydrogen (secondary N) is 3. The van der Waals surface area contributed by atoms with Gasteiger partial charge in [-0.2, -0.15) is 0 Å². The van der Waals surface area contributed by atoms with Crippen molar-refractivity contribution in [3.63, 3.8) is 0 Å². The van der Waals surface area contributed by atoms with Gasteiger partial charge in [0.1, 0.15) is 5.75 Å². The number of methoxy groups -OCH3 is 1. The first-order chi connectivity index (χ1) is 13.4. The lowest BCUT2D eigenvalue weighted by Gasteiger charge is -2.30. The number of ether oxygens (including phenoxy) is 1. The summed E-state index contributed by atoms with van der Waals surface area (Å²) in [6.07, 6.45) is 1.05. The van der Waals surface area contributed by atoms with Gasteiger partial charge in [-0.1, -0.05) is 0 Å². The molecule has 1 amide bonds. The molecule has 0 aliphatic heterocycles. The molecule has 0 bridgehead atoms. The molecule has 29 heavy (non-hydrogen) atoms. The molecule has 1 rings (SSSR count). The minimum Gasteiger partial charge on any atom is -0.497 e. The Morgan fingerprint density at radius 1 is 1.00 bits per heavy atom. The lowest BCUT2D eigenvalue weighted by Crippen LogP contribution is -2.43. The van der Waals surface area contributed by atoms with Crippen LogP contribution in [0.4, 0.5) is 0 Å². The van der Waals surface area contributed by atoms with E-state index in [9.17, 15) is 4.79 Å². The maximum atomic E-state index is 12.1. The van der Waals surface area contributed by atoms with E-state index in [4.69, 9.17) is 4.74 Å². The lowest BCUT2D eigenvalue weighted by molar-refractivity contribution is 0.0954. The number of guanidine groups is 1. The highest BCUT2D eigenvalue weighted by molar-refractivity contribution is 14.0. The smallest absolute Gasteiger partial charge is 0.251 e. The summed E-state index contributed by atoms with van der Waals surface area (Å²) in [6, 6.07) is 8.15. The highest BCUT2D eigenvalue weighted by Gasteiger charge is 2.12. The molecule has 0 fully saturated rings. The van der Waals surface area contributed by atoms with Gasteiger partial charge in [0.2, 0.25) is 0 Å². The van der Waals surface area contributed by atoms with E-state index in [1.54, 1.807) is 38.4 Å². The molecule has 0 aliphatic carbocycles. The second kappa shape index (κ2) is 15.3. The van der Waals surface area contributed by atoms with Crippen LogP contribution in [0.3, 0.4) is 0 Å². The standard InChI is InChI=1S/C21H37N5O2.HI/c1-16(2)26(17(3)4)15-7-12-24-21(22-5)25-14-13-23-20(27)18-8-10-19(28-6)11-9-18;/h8-11,16-17H,7,12-15H2,1-6H3,(H,23,27)(H2,22,24,25);1H. The van der Waals surface area contributed by atoms with E-state index >= 15 is 0 Å². The van der Waals surface area contributed by atoms with Gasteiger partial charge in [-0.3, -0.25) is 14.7 Å². The fourth-order valence-corrected chi connectivity index (χ4v) is 3.00. The molecular weight excluding hydrogens is 481 g/mol. The number of hydrogen-bond acceptors (Lipinski definition) is 4. The number of aliphatic imine (C=N–C) groups is 1. The number of nitrogens with zero attached hydrogens (tertiary/aromatic N) is 2. The summed E-state index contributed by atoms with van der Waals surface area (Å²) >= 11 is 0. The fourth-order valence-electron chi connectivity index (χ4n) is 3.00. The molecule has 3 N–H and O–H groups in total. The van der Waals surface area contributed by atoms with Crippen molar-refractivity contribution in [1.29, 1.82) is 0 Å². The van der Waals surface area contributed by atoms with Crippen LogP contribution in [-0.2, 0) is 0 Å². The van der Waals surface area contributed by atoms with Crippen LogP contribution >= 0.6 is 24.0 Å². The Morgan fingerprint density at radius 3 is 2.07 bits per heavy atom. The molecule has 0 aromatic heterocycles. The molecular formula is C21H38IN5O2. The minimum absolute atomic E-state index is 0. The summed E-state index contributed by atoms with van der Waals surface area (Å²) in [6.45, 7) is 11.9. The molecule has 0 saturated heterocycles. The third-order valence-corrected chi connectivity index (χ3v) is 4.49. The predicted octanol–water partition coefficient (Wildman–Crippen LogP) is 2.72. The molecule has 1 aromatic carbocycles. The number of carbonyl (C=O) groups is 1. The molecule has 0 atom stereocenters. The van der Waals surface area contributed by atoms with E-state index in [-0.39, 0.29) is 29.9 Å². The van der Waals surface area contributed by atoms with Gasteiger partial charge in [-0.15, -0.1) is 24.0 Å². The van der Waals surface area contributed by atoms with Crippen LogP contribution in [0.5, 0.6) is 5.75 Å². The van der Waals surface area contributed by atoms with Crippen molar-refractivity contribution in [3.05, 3.63) is 29.8 Å². The minimum atomic E-state index is -0.102. The molecule has 0 heterocycles. The third kappa shape index (κ3) is 10.7. The van der Waals surface area contributed by atoms with E-state index in [2.05, 4.69) is 53.5 Å². The average Bonchev–Trinajstić information content (AvgIpc) is 2.68. The molecule has 0 saturated carbocycles. The first kappa shape index (κ1) is 27.5. The lowest BCUT2D eigenvalue weighted by atomic mass is 10.2. The molecule has 0 unspecified atom stereocenters. The average molecular weight is 519 g/mol. The largest absolute Gasteiger partial charge is 0.497 e. The van der Waals surface area contributed by atoms with Crippen LogP contribution in [0, 0.1) is 0 Å². The number of carbonyl (C=O) groups excluding carboxylic acids is 1. The van der Waals surface area contributed by atoms with Crippen molar-refractivity contribution < 1.29 is 9.53 Å². The topological polar surface area (TPSA) is 78.0 Å². The Kier molecular flexibility index (Phi) is 14.5. The Bertz CT molecular complexity index is 598. The molecule has 0 spiro atoms. The maximum Gasteiger partial charge on any atom is 0.251 e. The number of hydrogen-bond donors (Lipinski definition) is 3. The van der Waals surface area contributed by atoms with Crippen molar-refractivity contribution in [2.75, 3.05) is 40.3 Å². The molecule has 0 aliphatic rings. The second-order valence-corrected chi connectivity index (χ2v) is 7.19. The van der Waals surface area contributed by atoms with E-state index < -0.39 is 0 Å². The Hall–Kier alpha value is -1.55. The van der Waals surface area contributed by atoms with Crippen molar-refractivity contribution in [2.24, 2.45) is 4.99 Å². The van der Waals surface area contributed by atoms with Crippen LogP contribution in [0.1, 0.15) is 44.5 Å². The fraction of sp³-hybridized carbons (Fsp3) is 0.619. The van der Waals surface area contributed by atoms with Crippen LogP contribution in [-0.4, -0.2) is 69.2 Å². The van der Waals surface area contributed by atoms with Crippen LogP contribution in [0.25, 0.3) is 0 Å². The Labute approximate surface area is 193 Å². The first-order valence-electron chi connectivity index (χ1n) is 10.0. The summed E-state index contributed by atoms with van der Waals surface area (Å²) in [7, 11) is 3.35. The van der Waals surface area contributed by atoms with E-state index in [0.29, 0.717) is 30.7 Å². The van der Waals surface area contributed by atoms with E-state index in [0.717, 1.165) is 31.2 Å². The quantitative estimate of drug-likeness (QED) is 0.182. The zero-order valence-corrected chi connectivity index (χ0v) is 20.9. The van der Waals surface area contributed by atoms with Gasteiger partial charge in [-0.25, -0.2) is 0 Å². The number of rotatable bonds is 11. The third-order valence-electron chi connectivity index (χ3n) is 4.49. The Balaban J connectivity index is 0.00000784. The van der Waals surface area contributed by atoms with E-state index in [1.807, 2.05) is 0 Å². The normalized spacial score (nSPS) is 11.4. The highest BCUT2D eigenvalue weighted by Crippen LogP contribution is 2.10. The van der Waals surface area contributed by atoms with Crippen molar-refractivity contribution in [3.8, 4) is 5.75 Å². The highest BCUT2D eigenvalue weighted by atomic mass is 127. The van der Waals surface area contributed by atoms with Gasteiger partial charge in [0, 0.05) is 50.9 Å². The summed E-state index contributed by atoms with van der Waals surface area (Å²) in [4.78, 5) is 18.8. The molecule has 7 nitrogen and oxygen atoms in total. The summed E-state index contributed by atoms with van der Waals surface area (Å²) in [5.74, 6) is 1.38. The van der Waals surface area contributed by atoms with Gasteiger partial charge >= 0.3 is 0 Å². The van der Waals surface area contributed by atoms with Gasteiger partial charge in [0.15, 0.2) is 5.96 Å². The summed E-state index contributed by atoms with van der Waals surface area (Å²) in [5, 5.41) is 9.43. The van der Waals surface area contributed by atoms with Crippen molar-refractivity contribution in [2.45, 2.75) is 46.2 Å². The summed E-state index contributed by atoms with van der Waals surface area (Å²) < 4.78 is 5.10. The van der Waals surface area contributed by atoms with Gasteiger partial charge in [0.25, 0.3) is 5.91 Å². The molecule has 0 radical (unpaired) electrons. The van der Waals surface area contributed by atoms with Crippen molar-refractivity contribution in [1.82, 2.24) is 20.9 Å². The van der Waals surface area contributed by atoms with Gasteiger partial charge in [0.05, 0.1) is 7.11 Å². The zero-order chi connectivity index (χ0) is 20.9. The van der Waals surface area contributed by atoms with Crippen LogP contribution in [0.15, 0.2) is 29.3 Å². The molecule has 1 aromatic rings. The monoisotopic (exact) mass is 519 g/mol. The number of benzene rings is 1. The first-order valence-corrected chi connectivity index (χ1v) is 10.0. The maximum absolute atomic E-state index is 12.1. The zero-order valence-electron chi connectivity index (χ0n) is 18.6. The second-order valence-electron chi connectivity index (χ2n) is 7.19. The Morgan fingerprint density at radius 2 is 1.55 bits per heavy atom. The van der Waals surface area contributed by atoms with Crippen molar-refractivity contribution >= 4 is 35.8 Å². The molecule has 8 heteroatoms. The van der Waals surface area contributed by atoms with Crippen LogP contribution in [0.2, 0.25) is 0 Å². The number of amides is 1. The van der Waals surface area contributed by atoms with Crippen LogP contribution < -0.4 is 20.7 Å². The SMILES string of the molecule is CN=C(NCCCN(C(C)C)C(C)C)NCCNC(=O)c1ccc(OC)cc1.I.